The molecule has 0 spiro atoms. The molecule has 3 rings (SSSR count). The van der Waals surface area contributed by atoms with E-state index in [1.807, 2.05) is 58.0 Å². The van der Waals surface area contributed by atoms with Gasteiger partial charge in [0.1, 0.15) is 5.15 Å². The number of hydrazone groups is 1. The van der Waals surface area contributed by atoms with Crippen LogP contribution in [0.5, 0.6) is 0 Å². The van der Waals surface area contributed by atoms with E-state index in [9.17, 15) is 0 Å². The Hall–Kier alpha value is -2.73. The second kappa shape index (κ2) is 7.03. The van der Waals surface area contributed by atoms with Gasteiger partial charge in [-0.1, -0.05) is 29.3 Å². The van der Waals surface area contributed by atoms with Crippen LogP contribution in [0.2, 0.25) is 5.15 Å². The summed E-state index contributed by atoms with van der Waals surface area (Å²) < 4.78 is 1.70. The third kappa shape index (κ3) is 3.85. The van der Waals surface area contributed by atoms with Gasteiger partial charge in [0.2, 0.25) is 5.95 Å². The second-order valence-corrected chi connectivity index (χ2v) is 6.24. The van der Waals surface area contributed by atoms with Crippen molar-refractivity contribution < 1.29 is 0 Å². The van der Waals surface area contributed by atoms with Crippen LogP contribution in [-0.4, -0.2) is 26.0 Å². The average Bonchev–Trinajstić information content (AvgIpc) is 2.83. The van der Waals surface area contributed by atoms with E-state index in [0.717, 1.165) is 28.3 Å². The fourth-order valence-corrected chi connectivity index (χ4v) is 2.77. The minimum Gasteiger partial charge on any atom is -0.245 e. The molecule has 1 N–H and O–H groups in total. The highest BCUT2D eigenvalue weighted by Crippen LogP contribution is 2.22. The van der Waals surface area contributed by atoms with E-state index >= 15 is 0 Å². The molecule has 0 aliphatic carbocycles. The Bertz CT molecular complexity index is 907. The van der Waals surface area contributed by atoms with Crippen LogP contribution in [-0.2, 0) is 0 Å². The number of benzene rings is 1. The van der Waals surface area contributed by atoms with Gasteiger partial charge in [-0.15, -0.1) is 0 Å². The summed E-state index contributed by atoms with van der Waals surface area (Å²) in [6.45, 7) is 7.76. The third-order valence-electron chi connectivity index (χ3n) is 3.67. The molecular weight excluding hydrogens is 336 g/mol. The number of anilines is 1. The maximum Gasteiger partial charge on any atom is 0.243 e. The molecule has 0 bridgehead atoms. The molecular formula is C18H19ClN6. The van der Waals surface area contributed by atoms with E-state index < -0.39 is 0 Å². The smallest absolute Gasteiger partial charge is 0.243 e. The van der Waals surface area contributed by atoms with Crippen molar-refractivity contribution in [2.45, 2.75) is 27.7 Å². The number of hydrogen-bond acceptors (Lipinski definition) is 5. The van der Waals surface area contributed by atoms with Crippen LogP contribution in [0.3, 0.4) is 0 Å². The molecule has 0 saturated carbocycles. The Morgan fingerprint density at radius 1 is 1.04 bits per heavy atom. The predicted molar refractivity (Wildman–Crippen MR) is 101 cm³/mol. The van der Waals surface area contributed by atoms with Crippen molar-refractivity contribution in [2.24, 2.45) is 5.10 Å². The second-order valence-electron chi connectivity index (χ2n) is 5.88. The molecule has 0 aliphatic rings. The molecule has 128 valence electrons. The lowest BCUT2D eigenvalue weighted by Crippen LogP contribution is -2.00. The molecule has 0 aliphatic heterocycles. The Kier molecular flexibility index (Phi) is 4.81. The zero-order valence-corrected chi connectivity index (χ0v) is 15.3. The lowest BCUT2D eigenvalue weighted by atomic mass is 10.2. The normalized spacial score (nSPS) is 11.2. The van der Waals surface area contributed by atoms with Crippen LogP contribution in [0, 0.1) is 27.7 Å². The first kappa shape index (κ1) is 17.1. The molecule has 1 aromatic carbocycles. The van der Waals surface area contributed by atoms with Crippen LogP contribution >= 0.6 is 11.6 Å². The molecule has 25 heavy (non-hydrogen) atoms. The van der Waals surface area contributed by atoms with Gasteiger partial charge in [-0.3, -0.25) is 0 Å². The van der Waals surface area contributed by atoms with Crippen molar-refractivity contribution in [3.8, 4) is 5.69 Å². The van der Waals surface area contributed by atoms with Gasteiger partial charge in [-0.05, 0) is 45.9 Å². The van der Waals surface area contributed by atoms with Gasteiger partial charge in [-0.25, -0.2) is 20.1 Å². The van der Waals surface area contributed by atoms with Crippen LogP contribution in [0.15, 0.2) is 35.4 Å². The highest BCUT2D eigenvalue weighted by atomic mass is 35.5. The van der Waals surface area contributed by atoms with Gasteiger partial charge in [0.25, 0.3) is 0 Å². The molecule has 0 saturated heterocycles. The van der Waals surface area contributed by atoms with Crippen molar-refractivity contribution in [3.05, 3.63) is 63.7 Å². The minimum atomic E-state index is 0.452. The molecule has 0 amide bonds. The largest absolute Gasteiger partial charge is 0.245 e. The van der Waals surface area contributed by atoms with Gasteiger partial charge in [0, 0.05) is 11.4 Å². The maximum atomic E-state index is 6.49. The summed E-state index contributed by atoms with van der Waals surface area (Å²) in [5.74, 6) is 0.452. The summed E-state index contributed by atoms with van der Waals surface area (Å²) in [5.41, 5.74) is 8.23. The van der Waals surface area contributed by atoms with E-state index in [-0.39, 0.29) is 0 Å². The Balaban J connectivity index is 1.84. The summed E-state index contributed by atoms with van der Waals surface area (Å²) in [6.07, 6.45) is 1.64. The van der Waals surface area contributed by atoms with Gasteiger partial charge in [0.15, 0.2) is 0 Å². The molecule has 6 nitrogen and oxygen atoms in total. The number of rotatable bonds is 4. The van der Waals surface area contributed by atoms with Crippen molar-refractivity contribution in [1.82, 2.24) is 19.7 Å². The number of nitrogens with zero attached hydrogens (tertiary/aromatic N) is 5. The maximum absolute atomic E-state index is 6.49. The van der Waals surface area contributed by atoms with E-state index in [1.165, 1.54) is 5.56 Å². The Labute approximate surface area is 151 Å². The van der Waals surface area contributed by atoms with Crippen LogP contribution in [0.4, 0.5) is 5.95 Å². The van der Waals surface area contributed by atoms with Gasteiger partial charge < -0.3 is 0 Å². The SMILES string of the molecule is Cc1ccc(-n2nc(C)c(/C=N\Nc3nc(C)cc(C)n3)c2Cl)cc1. The molecule has 0 unspecified atom stereocenters. The fourth-order valence-electron chi connectivity index (χ4n) is 2.45. The van der Waals surface area contributed by atoms with Gasteiger partial charge in [-0.2, -0.15) is 10.2 Å². The zero-order chi connectivity index (χ0) is 18.0. The third-order valence-corrected chi connectivity index (χ3v) is 4.03. The fraction of sp³-hybridized carbons (Fsp3) is 0.222. The standard InChI is InChI=1S/C18H19ClN6/c1-11-5-7-15(8-6-11)25-17(19)16(14(4)24-25)10-20-23-18-21-12(2)9-13(3)22-18/h5-10H,1-4H3,(H,21,22,23)/b20-10-. The first-order valence-corrected chi connectivity index (χ1v) is 8.25. The van der Waals surface area contributed by atoms with Gasteiger partial charge >= 0.3 is 0 Å². The van der Waals surface area contributed by atoms with E-state index in [1.54, 1.807) is 10.9 Å². The quantitative estimate of drug-likeness (QED) is 0.568. The lowest BCUT2D eigenvalue weighted by molar-refractivity contribution is 0.863. The number of halogens is 1. The molecule has 2 aromatic heterocycles. The van der Waals surface area contributed by atoms with Crippen LogP contribution < -0.4 is 5.43 Å². The first-order chi connectivity index (χ1) is 11.9. The highest BCUT2D eigenvalue weighted by Gasteiger charge is 2.13. The van der Waals surface area contributed by atoms with Crippen molar-refractivity contribution in [3.63, 3.8) is 0 Å². The van der Waals surface area contributed by atoms with E-state index in [2.05, 4.69) is 25.6 Å². The first-order valence-electron chi connectivity index (χ1n) is 7.87. The minimum absolute atomic E-state index is 0.452. The van der Waals surface area contributed by atoms with Crippen molar-refractivity contribution in [1.29, 1.82) is 0 Å². The number of aromatic nitrogens is 4. The number of aryl methyl sites for hydroxylation is 4. The topological polar surface area (TPSA) is 68.0 Å². The molecule has 3 aromatic rings. The van der Waals surface area contributed by atoms with Gasteiger partial charge in [0.05, 0.1) is 23.2 Å². The summed E-state index contributed by atoms with van der Waals surface area (Å²) in [4.78, 5) is 8.56. The average molecular weight is 355 g/mol. The Morgan fingerprint density at radius 2 is 1.68 bits per heavy atom. The molecule has 2 heterocycles. The van der Waals surface area contributed by atoms with E-state index in [4.69, 9.17) is 11.6 Å². The molecule has 0 atom stereocenters. The Morgan fingerprint density at radius 3 is 2.32 bits per heavy atom. The molecule has 7 heteroatoms. The monoisotopic (exact) mass is 354 g/mol. The van der Waals surface area contributed by atoms with Crippen molar-refractivity contribution >= 4 is 23.8 Å². The number of nitrogens with one attached hydrogen (secondary N) is 1. The van der Waals surface area contributed by atoms with E-state index in [0.29, 0.717) is 11.1 Å². The molecule has 0 fully saturated rings. The number of hydrogen-bond donors (Lipinski definition) is 1. The lowest BCUT2D eigenvalue weighted by Gasteiger charge is -2.03. The summed E-state index contributed by atoms with van der Waals surface area (Å²) in [6, 6.07) is 9.92. The zero-order valence-electron chi connectivity index (χ0n) is 14.6. The highest BCUT2D eigenvalue weighted by molar-refractivity contribution is 6.32. The summed E-state index contributed by atoms with van der Waals surface area (Å²) in [7, 11) is 0. The summed E-state index contributed by atoms with van der Waals surface area (Å²) in [5, 5.41) is 9.21. The summed E-state index contributed by atoms with van der Waals surface area (Å²) >= 11 is 6.49. The predicted octanol–water partition coefficient (Wildman–Crippen LogP) is 4.00. The van der Waals surface area contributed by atoms with Crippen molar-refractivity contribution in [2.75, 3.05) is 5.43 Å². The molecule has 0 radical (unpaired) electrons. The van der Waals surface area contributed by atoms with Crippen LogP contribution in [0.25, 0.3) is 5.69 Å². The van der Waals surface area contributed by atoms with Crippen LogP contribution in [0.1, 0.15) is 28.2 Å².